The molecule has 0 atom stereocenters. The number of benzene rings is 2. The highest BCUT2D eigenvalue weighted by molar-refractivity contribution is 6.48. The van der Waals surface area contributed by atoms with Crippen molar-refractivity contribution in [1.82, 2.24) is 0 Å². The molecule has 0 aliphatic carbocycles. The second kappa shape index (κ2) is 5.61. The topological polar surface area (TPSA) is 26.1 Å². The molecule has 18 heavy (non-hydrogen) atoms. The van der Waals surface area contributed by atoms with E-state index in [1.165, 1.54) is 18.3 Å². The average molecular weight is 301 g/mol. The maximum Gasteiger partial charge on any atom is 0.219 e. The smallest absolute Gasteiger partial charge is 0.219 e. The van der Waals surface area contributed by atoms with E-state index in [0.717, 1.165) is 5.56 Å². The van der Waals surface area contributed by atoms with Crippen LogP contribution in [0.5, 0.6) is 0 Å². The van der Waals surface area contributed by atoms with Gasteiger partial charge < -0.3 is 5.21 Å². The van der Waals surface area contributed by atoms with Gasteiger partial charge in [0.25, 0.3) is 0 Å². The van der Waals surface area contributed by atoms with E-state index >= 15 is 0 Å². The molecule has 0 aromatic heterocycles. The molecule has 0 saturated carbocycles. The highest BCUT2D eigenvalue weighted by Crippen LogP contribution is 2.33. The fraction of sp³-hybridized carbons (Fsp3) is 0. The summed E-state index contributed by atoms with van der Waals surface area (Å²) in [5, 5.41) is 12.7. The lowest BCUT2D eigenvalue weighted by Crippen LogP contribution is -1.98. The molecule has 2 rings (SSSR count). The molecule has 0 saturated heterocycles. The summed E-state index contributed by atoms with van der Waals surface area (Å²) in [6, 6.07) is 12.2. The molecule has 0 aliphatic heterocycles. The van der Waals surface area contributed by atoms with E-state index in [1.807, 2.05) is 30.3 Å². The van der Waals surface area contributed by atoms with Crippen molar-refractivity contribution in [1.29, 1.82) is 0 Å². The third-order valence-electron chi connectivity index (χ3n) is 2.29. The summed E-state index contributed by atoms with van der Waals surface area (Å²) in [5.41, 5.74) is 1.12. The first kappa shape index (κ1) is 13.2. The Morgan fingerprint density at radius 2 is 1.50 bits per heavy atom. The number of rotatable bonds is 2. The van der Waals surface area contributed by atoms with Crippen LogP contribution in [0.1, 0.15) is 5.56 Å². The molecular weight excluding hydrogens is 293 g/mol. The summed E-state index contributed by atoms with van der Waals surface area (Å²) in [7, 11) is 0. The zero-order chi connectivity index (χ0) is 13.1. The second-order valence-corrected chi connectivity index (χ2v) is 4.78. The summed E-state index contributed by atoms with van der Waals surface area (Å²) in [6.45, 7) is 0. The van der Waals surface area contributed by atoms with Gasteiger partial charge in [0.2, 0.25) is 5.69 Å². The van der Waals surface area contributed by atoms with E-state index in [9.17, 15) is 5.21 Å². The van der Waals surface area contributed by atoms with Gasteiger partial charge in [-0.3, -0.25) is 0 Å². The molecule has 0 amide bonds. The van der Waals surface area contributed by atoms with Crippen molar-refractivity contribution in [2.24, 2.45) is 0 Å². The third-order valence-corrected chi connectivity index (χ3v) is 3.49. The molecule has 2 aromatic carbocycles. The number of hydrogen-bond donors (Lipinski definition) is 0. The minimum atomic E-state index is 0.246. The van der Waals surface area contributed by atoms with Crippen LogP contribution in [0.4, 0.5) is 5.69 Å². The van der Waals surface area contributed by atoms with Crippen molar-refractivity contribution in [2.75, 3.05) is 0 Å². The molecule has 0 spiro atoms. The summed E-state index contributed by atoms with van der Waals surface area (Å²) >= 11 is 17.6. The standard InChI is InChI=1S/C13H8Cl3NO/c14-11-6-10(7-12(15)13(11)16)17(18)8-9-4-2-1-3-5-9/h1-8H. The van der Waals surface area contributed by atoms with Crippen LogP contribution in [-0.4, -0.2) is 11.0 Å². The van der Waals surface area contributed by atoms with Crippen LogP contribution in [0.3, 0.4) is 0 Å². The normalized spacial score (nSPS) is 11.6. The Bertz CT molecular complexity index is 573. The number of nitrogens with zero attached hydrogens (tertiary/aromatic N) is 1. The van der Waals surface area contributed by atoms with E-state index in [1.54, 1.807) is 0 Å². The zero-order valence-electron chi connectivity index (χ0n) is 9.11. The van der Waals surface area contributed by atoms with Crippen LogP contribution >= 0.6 is 34.8 Å². The molecule has 0 aliphatic rings. The average Bonchev–Trinajstić information content (AvgIpc) is 2.36. The zero-order valence-corrected chi connectivity index (χ0v) is 11.4. The van der Waals surface area contributed by atoms with E-state index in [4.69, 9.17) is 34.8 Å². The molecule has 92 valence electrons. The van der Waals surface area contributed by atoms with E-state index in [0.29, 0.717) is 10.4 Å². The van der Waals surface area contributed by atoms with E-state index in [2.05, 4.69) is 0 Å². The highest BCUT2D eigenvalue weighted by atomic mass is 35.5. The van der Waals surface area contributed by atoms with Crippen LogP contribution in [-0.2, 0) is 0 Å². The summed E-state index contributed by atoms with van der Waals surface area (Å²) in [5.74, 6) is 0. The predicted octanol–water partition coefficient (Wildman–Crippen LogP) is 4.91. The Morgan fingerprint density at radius 1 is 0.944 bits per heavy atom. The van der Waals surface area contributed by atoms with Gasteiger partial charge in [0.1, 0.15) is 0 Å². The summed E-state index contributed by atoms with van der Waals surface area (Å²) in [4.78, 5) is 0. The van der Waals surface area contributed by atoms with Gasteiger partial charge in [-0.05, 0) is 12.1 Å². The van der Waals surface area contributed by atoms with Crippen molar-refractivity contribution in [3.8, 4) is 0 Å². The van der Waals surface area contributed by atoms with Crippen LogP contribution < -0.4 is 0 Å². The van der Waals surface area contributed by atoms with E-state index in [-0.39, 0.29) is 15.1 Å². The minimum Gasteiger partial charge on any atom is -0.618 e. The largest absolute Gasteiger partial charge is 0.618 e. The van der Waals surface area contributed by atoms with Crippen molar-refractivity contribution in [3.05, 3.63) is 68.3 Å². The Kier molecular flexibility index (Phi) is 4.12. The van der Waals surface area contributed by atoms with Crippen LogP contribution in [0.2, 0.25) is 15.1 Å². The van der Waals surface area contributed by atoms with Crippen LogP contribution in [0.25, 0.3) is 0 Å². The van der Waals surface area contributed by atoms with Gasteiger partial charge in [0, 0.05) is 17.7 Å². The molecule has 0 unspecified atom stereocenters. The summed E-state index contributed by atoms with van der Waals surface area (Å²) in [6.07, 6.45) is 1.44. The van der Waals surface area contributed by atoms with Crippen molar-refractivity contribution < 1.29 is 4.74 Å². The minimum absolute atomic E-state index is 0.246. The molecule has 0 fully saturated rings. The molecule has 5 heteroatoms. The van der Waals surface area contributed by atoms with Crippen molar-refractivity contribution in [3.63, 3.8) is 0 Å². The van der Waals surface area contributed by atoms with Gasteiger partial charge in [-0.1, -0.05) is 53.0 Å². The maximum atomic E-state index is 11.9. The first-order valence-electron chi connectivity index (χ1n) is 5.09. The lowest BCUT2D eigenvalue weighted by atomic mass is 10.2. The molecule has 0 bridgehead atoms. The summed E-state index contributed by atoms with van der Waals surface area (Å²) < 4.78 is 0.698. The molecular formula is C13H8Cl3NO. The number of halogens is 3. The Labute approximate surface area is 120 Å². The Morgan fingerprint density at radius 3 is 2.06 bits per heavy atom. The molecule has 2 aromatic rings. The van der Waals surface area contributed by atoms with Gasteiger partial charge in [-0.2, -0.15) is 4.74 Å². The van der Waals surface area contributed by atoms with Crippen LogP contribution in [0, 0.1) is 5.21 Å². The Balaban J connectivity index is 2.40. The molecule has 0 radical (unpaired) electrons. The second-order valence-electron chi connectivity index (χ2n) is 3.59. The maximum absolute atomic E-state index is 11.9. The number of hydrogen-bond acceptors (Lipinski definition) is 1. The van der Waals surface area contributed by atoms with Gasteiger partial charge in [-0.15, -0.1) is 0 Å². The first-order chi connectivity index (χ1) is 8.58. The highest BCUT2D eigenvalue weighted by Gasteiger charge is 2.10. The van der Waals surface area contributed by atoms with Gasteiger partial charge in [0.15, 0.2) is 6.21 Å². The van der Waals surface area contributed by atoms with E-state index < -0.39 is 0 Å². The first-order valence-corrected chi connectivity index (χ1v) is 6.22. The SMILES string of the molecule is [O-][N+](=Cc1ccccc1)c1cc(Cl)c(Cl)c(Cl)c1. The van der Waals surface area contributed by atoms with Crippen molar-refractivity contribution in [2.45, 2.75) is 0 Å². The fourth-order valence-electron chi connectivity index (χ4n) is 1.42. The van der Waals surface area contributed by atoms with Gasteiger partial charge in [-0.25, -0.2) is 0 Å². The fourth-order valence-corrected chi connectivity index (χ4v) is 2.00. The molecule has 2 nitrogen and oxygen atoms in total. The van der Waals surface area contributed by atoms with Crippen LogP contribution in [0.15, 0.2) is 42.5 Å². The van der Waals surface area contributed by atoms with Gasteiger partial charge >= 0.3 is 0 Å². The molecule has 0 heterocycles. The lowest BCUT2D eigenvalue weighted by molar-refractivity contribution is -0.354. The van der Waals surface area contributed by atoms with Crippen molar-refractivity contribution >= 4 is 46.7 Å². The predicted molar refractivity (Wildman–Crippen MR) is 76.4 cm³/mol. The monoisotopic (exact) mass is 299 g/mol. The molecule has 0 N–H and O–H groups in total. The third kappa shape index (κ3) is 2.96. The van der Waals surface area contributed by atoms with Gasteiger partial charge in [0.05, 0.1) is 15.1 Å². The Hall–Kier alpha value is -1.22. The quantitative estimate of drug-likeness (QED) is 0.254. The lowest BCUT2D eigenvalue weighted by Gasteiger charge is -2.05.